The summed E-state index contributed by atoms with van der Waals surface area (Å²) in [5.41, 5.74) is 6.33. The van der Waals surface area contributed by atoms with Crippen molar-refractivity contribution < 1.29 is 9.18 Å². The first-order valence-corrected chi connectivity index (χ1v) is 6.04. The van der Waals surface area contributed by atoms with Crippen molar-refractivity contribution >= 4 is 40.5 Å². The van der Waals surface area contributed by atoms with Crippen molar-refractivity contribution in [3.05, 3.63) is 57.8 Å². The molecule has 98 valence electrons. The molecule has 0 radical (unpaired) electrons. The second kappa shape index (κ2) is 5.47. The van der Waals surface area contributed by atoms with E-state index in [2.05, 4.69) is 5.32 Å². The lowest BCUT2D eigenvalue weighted by atomic mass is 10.1. The van der Waals surface area contributed by atoms with Crippen LogP contribution in [0.1, 0.15) is 10.4 Å². The summed E-state index contributed by atoms with van der Waals surface area (Å²) in [6, 6.07) is 8.20. The Bertz CT molecular complexity index is 647. The minimum absolute atomic E-state index is 0.172. The molecule has 3 N–H and O–H groups in total. The highest BCUT2D eigenvalue weighted by Gasteiger charge is 2.12. The van der Waals surface area contributed by atoms with Crippen molar-refractivity contribution in [3.8, 4) is 0 Å². The summed E-state index contributed by atoms with van der Waals surface area (Å²) >= 11 is 11.7. The van der Waals surface area contributed by atoms with Crippen molar-refractivity contribution in [1.82, 2.24) is 0 Å². The van der Waals surface area contributed by atoms with E-state index in [1.54, 1.807) is 6.07 Å². The van der Waals surface area contributed by atoms with Gasteiger partial charge >= 0.3 is 0 Å². The number of nitrogens with two attached hydrogens (primary N) is 1. The summed E-state index contributed by atoms with van der Waals surface area (Å²) < 4.78 is 13.1. The van der Waals surface area contributed by atoms with Gasteiger partial charge < -0.3 is 11.1 Å². The molecule has 0 aliphatic carbocycles. The Morgan fingerprint density at radius 1 is 1.16 bits per heavy atom. The molecule has 6 heteroatoms. The summed E-state index contributed by atoms with van der Waals surface area (Å²) in [4.78, 5) is 12.0. The zero-order valence-electron chi connectivity index (χ0n) is 9.58. The van der Waals surface area contributed by atoms with Crippen molar-refractivity contribution in [2.45, 2.75) is 0 Å². The van der Waals surface area contributed by atoms with E-state index in [0.717, 1.165) is 6.07 Å². The number of rotatable bonds is 2. The smallest absolute Gasteiger partial charge is 0.257 e. The van der Waals surface area contributed by atoms with Gasteiger partial charge in [0.15, 0.2) is 0 Å². The molecule has 0 fully saturated rings. The Hall–Kier alpha value is -1.78. The normalized spacial score (nSPS) is 10.3. The second-order valence-corrected chi connectivity index (χ2v) is 4.65. The van der Waals surface area contributed by atoms with Crippen LogP contribution in [0, 0.1) is 5.82 Å². The summed E-state index contributed by atoms with van der Waals surface area (Å²) in [7, 11) is 0. The fourth-order valence-corrected chi connectivity index (χ4v) is 1.84. The molecule has 0 saturated carbocycles. The number of halogens is 3. The van der Waals surface area contributed by atoms with E-state index >= 15 is 0 Å². The van der Waals surface area contributed by atoms with Gasteiger partial charge in [0.25, 0.3) is 5.91 Å². The second-order valence-electron chi connectivity index (χ2n) is 3.81. The third kappa shape index (κ3) is 3.16. The predicted molar refractivity (Wildman–Crippen MR) is 75.2 cm³/mol. The Kier molecular flexibility index (Phi) is 3.93. The number of anilines is 2. The third-order valence-electron chi connectivity index (χ3n) is 2.44. The lowest BCUT2D eigenvalue weighted by Gasteiger charge is -2.09. The van der Waals surface area contributed by atoms with E-state index in [1.807, 2.05) is 0 Å². The van der Waals surface area contributed by atoms with Gasteiger partial charge in [0.1, 0.15) is 5.82 Å². The van der Waals surface area contributed by atoms with E-state index in [-0.39, 0.29) is 22.0 Å². The van der Waals surface area contributed by atoms with Gasteiger partial charge in [-0.1, -0.05) is 23.2 Å². The Morgan fingerprint density at radius 3 is 2.63 bits per heavy atom. The Labute approximate surface area is 119 Å². The van der Waals surface area contributed by atoms with Crippen molar-refractivity contribution in [1.29, 1.82) is 0 Å². The number of amides is 1. The van der Waals surface area contributed by atoms with Crippen LogP contribution in [0.15, 0.2) is 36.4 Å². The van der Waals surface area contributed by atoms with Gasteiger partial charge in [-0.3, -0.25) is 4.79 Å². The summed E-state index contributed by atoms with van der Waals surface area (Å²) in [5.74, 6) is -1.01. The number of nitrogens with one attached hydrogen (secondary N) is 1. The zero-order chi connectivity index (χ0) is 14.0. The molecule has 0 aliphatic heterocycles. The standard InChI is InChI=1S/C13H9Cl2FN2O/c14-7-1-4-11(17)9(5-7)13(19)18-12-6-8(16)2-3-10(12)15/h1-6H,17H2,(H,18,19). The lowest BCUT2D eigenvalue weighted by molar-refractivity contribution is 0.102. The molecule has 0 heterocycles. The number of carbonyl (C=O) groups excluding carboxylic acids is 1. The molecule has 0 unspecified atom stereocenters. The van der Waals surface area contributed by atoms with Gasteiger partial charge in [-0.2, -0.15) is 0 Å². The molecule has 0 spiro atoms. The van der Waals surface area contributed by atoms with Gasteiger partial charge in [0, 0.05) is 10.7 Å². The maximum Gasteiger partial charge on any atom is 0.257 e. The molecule has 19 heavy (non-hydrogen) atoms. The average Bonchev–Trinajstić information content (AvgIpc) is 2.36. The fraction of sp³-hybridized carbons (Fsp3) is 0. The first-order chi connectivity index (χ1) is 8.97. The molecule has 3 nitrogen and oxygen atoms in total. The maximum absolute atomic E-state index is 13.1. The van der Waals surface area contributed by atoms with E-state index in [4.69, 9.17) is 28.9 Å². The minimum Gasteiger partial charge on any atom is -0.398 e. The monoisotopic (exact) mass is 298 g/mol. The van der Waals surface area contributed by atoms with Gasteiger partial charge in [-0.05, 0) is 36.4 Å². The summed E-state index contributed by atoms with van der Waals surface area (Å²) in [6.45, 7) is 0. The van der Waals surface area contributed by atoms with E-state index in [0.29, 0.717) is 5.02 Å². The van der Waals surface area contributed by atoms with Gasteiger partial charge in [-0.25, -0.2) is 4.39 Å². The highest BCUT2D eigenvalue weighted by Crippen LogP contribution is 2.24. The summed E-state index contributed by atoms with van der Waals surface area (Å²) in [6.07, 6.45) is 0. The number of hydrogen-bond donors (Lipinski definition) is 2. The maximum atomic E-state index is 13.1. The molecule has 0 aliphatic rings. The highest BCUT2D eigenvalue weighted by atomic mass is 35.5. The van der Waals surface area contributed by atoms with Crippen LogP contribution in [-0.2, 0) is 0 Å². The molecular formula is C13H9Cl2FN2O. The molecule has 0 atom stereocenters. The van der Waals surface area contributed by atoms with Crippen molar-refractivity contribution in [2.24, 2.45) is 0 Å². The molecule has 2 rings (SSSR count). The SMILES string of the molecule is Nc1ccc(Cl)cc1C(=O)Nc1cc(F)ccc1Cl. The Balaban J connectivity index is 2.30. The van der Waals surface area contributed by atoms with Crippen LogP contribution < -0.4 is 11.1 Å². The molecule has 0 aromatic heterocycles. The van der Waals surface area contributed by atoms with Gasteiger partial charge in [-0.15, -0.1) is 0 Å². The largest absolute Gasteiger partial charge is 0.398 e. The van der Waals surface area contributed by atoms with Gasteiger partial charge in [0.2, 0.25) is 0 Å². The molecule has 0 bridgehead atoms. The molecule has 0 saturated heterocycles. The van der Waals surface area contributed by atoms with Crippen LogP contribution in [0.4, 0.5) is 15.8 Å². The molecular weight excluding hydrogens is 290 g/mol. The number of carbonyl (C=O) groups is 1. The van der Waals surface area contributed by atoms with Crippen LogP contribution in [0.3, 0.4) is 0 Å². The highest BCUT2D eigenvalue weighted by molar-refractivity contribution is 6.34. The van der Waals surface area contributed by atoms with E-state index < -0.39 is 11.7 Å². The first kappa shape index (κ1) is 13.6. The first-order valence-electron chi connectivity index (χ1n) is 5.29. The van der Waals surface area contributed by atoms with Crippen LogP contribution in [0.2, 0.25) is 10.0 Å². The third-order valence-corrected chi connectivity index (χ3v) is 3.00. The topological polar surface area (TPSA) is 55.1 Å². The number of hydrogen-bond acceptors (Lipinski definition) is 2. The lowest BCUT2D eigenvalue weighted by Crippen LogP contribution is -2.14. The minimum atomic E-state index is -0.507. The molecule has 2 aromatic carbocycles. The average molecular weight is 299 g/mol. The van der Waals surface area contributed by atoms with Crippen LogP contribution in [-0.4, -0.2) is 5.91 Å². The predicted octanol–water partition coefficient (Wildman–Crippen LogP) is 3.97. The van der Waals surface area contributed by atoms with Crippen LogP contribution >= 0.6 is 23.2 Å². The van der Waals surface area contributed by atoms with Crippen molar-refractivity contribution in [2.75, 3.05) is 11.1 Å². The van der Waals surface area contributed by atoms with Gasteiger partial charge in [0.05, 0.1) is 16.3 Å². The van der Waals surface area contributed by atoms with Crippen LogP contribution in [0.25, 0.3) is 0 Å². The fourth-order valence-electron chi connectivity index (χ4n) is 1.51. The Morgan fingerprint density at radius 2 is 1.89 bits per heavy atom. The molecule has 1 amide bonds. The number of benzene rings is 2. The van der Waals surface area contributed by atoms with Crippen molar-refractivity contribution in [3.63, 3.8) is 0 Å². The quantitative estimate of drug-likeness (QED) is 0.824. The van der Waals surface area contributed by atoms with Crippen LogP contribution in [0.5, 0.6) is 0 Å². The summed E-state index contributed by atoms with van der Waals surface area (Å²) in [5, 5.41) is 3.10. The zero-order valence-corrected chi connectivity index (χ0v) is 11.1. The molecule has 2 aromatic rings. The van der Waals surface area contributed by atoms with E-state index in [9.17, 15) is 9.18 Å². The number of nitrogen functional groups attached to an aromatic ring is 1. The van der Waals surface area contributed by atoms with E-state index in [1.165, 1.54) is 24.3 Å².